The number of halogens is 2. The molecule has 65 heavy (non-hydrogen) atoms. The van der Waals surface area contributed by atoms with Gasteiger partial charge in [0.1, 0.15) is 70.2 Å². The smallest absolute Gasteiger partial charge is 0.250 e. The highest BCUT2D eigenvalue weighted by molar-refractivity contribution is 6.20. The Morgan fingerprint density at radius 1 is 0.708 bits per heavy atom. The van der Waals surface area contributed by atoms with Gasteiger partial charge >= 0.3 is 0 Å². The van der Waals surface area contributed by atoms with Crippen molar-refractivity contribution in [1.82, 2.24) is 49.8 Å². The number of aromatic nitrogens is 10. The van der Waals surface area contributed by atoms with Crippen LogP contribution in [0.5, 0.6) is 0 Å². The highest BCUT2D eigenvalue weighted by Gasteiger charge is 2.51. The van der Waals surface area contributed by atoms with Crippen molar-refractivity contribution in [2.75, 3.05) is 22.1 Å². The van der Waals surface area contributed by atoms with Crippen molar-refractivity contribution < 1.29 is 32.2 Å². The third-order valence-electron chi connectivity index (χ3n) is 10.9. The largest absolute Gasteiger partial charge is 0.383 e. The van der Waals surface area contributed by atoms with Gasteiger partial charge in [-0.05, 0) is 38.1 Å². The summed E-state index contributed by atoms with van der Waals surface area (Å²) in [4.78, 5) is 54.0. The van der Waals surface area contributed by atoms with Gasteiger partial charge in [0, 0.05) is 23.3 Å². The molecule has 2 aliphatic heterocycles. The summed E-state index contributed by atoms with van der Waals surface area (Å²) in [6.07, 6.45) is 2.82. The molecule has 10 rings (SSSR count). The number of nitrogens with one attached hydrogen (secondary N) is 2. The van der Waals surface area contributed by atoms with E-state index in [9.17, 15) is 28.4 Å². The number of nitrogen functional groups attached to an aromatic ring is 2. The van der Waals surface area contributed by atoms with Crippen LogP contribution in [0.3, 0.4) is 0 Å². The fraction of sp³-hybridized carbons (Fsp3) is 0.143. The molecule has 23 heteroatoms. The lowest BCUT2D eigenvalue weighted by Crippen LogP contribution is -2.44. The van der Waals surface area contributed by atoms with Crippen molar-refractivity contribution >= 4 is 41.0 Å². The Hall–Kier alpha value is -9.20. The fourth-order valence-electron chi connectivity index (χ4n) is 7.36. The molecule has 0 saturated carbocycles. The first-order valence-corrected chi connectivity index (χ1v) is 19.3. The van der Waals surface area contributed by atoms with E-state index in [-0.39, 0.29) is 70.8 Å². The van der Waals surface area contributed by atoms with Gasteiger partial charge in [0.15, 0.2) is 22.5 Å². The van der Waals surface area contributed by atoms with E-state index in [1.54, 1.807) is 65.3 Å². The number of hydrogen-bond donors (Lipinski definition) is 5. The Morgan fingerprint density at radius 2 is 1.17 bits per heavy atom. The number of hydrogen-bond acceptors (Lipinski definition) is 16. The summed E-state index contributed by atoms with van der Waals surface area (Å²) < 4.78 is 41.5. The van der Waals surface area contributed by atoms with Crippen LogP contribution in [0.2, 0.25) is 0 Å². The summed E-state index contributed by atoms with van der Waals surface area (Å²) in [5.41, 5.74) is 18.3. The second kappa shape index (κ2) is 15.6. The maximum absolute atomic E-state index is 14.3. The molecule has 2 atom stereocenters. The first kappa shape index (κ1) is 41.2. The zero-order valence-electron chi connectivity index (χ0n) is 33.9. The van der Waals surface area contributed by atoms with Crippen LogP contribution in [0.25, 0.3) is 45.8 Å². The van der Waals surface area contributed by atoms with E-state index in [0.29, 0.717) is 45.3 Å². The number of primary amides is 1. The Labute approximate surface area is 364 Å². The van der Waals surface area contributed by atoms with Gasteiger partial charge in [-0.15, -0.1) is 0 Å². The van der Waals surface area contributed by atoms with E-state index < -0.39 is 28.6 Å². The van der Waals surface area contributed by atoms with Gasteiger partial charge in [-0.25, -0.2) is 28.7 Å². The van der Waals surface area contributed by atoms with E-state index in [1.807, 2.05) is 6.07 Å². The van der Waals surface area contributed by atoms with Gasteiger partial charge in [-0.1, -0.05) is 46.7 Å². The second-order valence-corrected chi connectivity index (χ2v) is 15.0. The van der Waals surface area contributed by atoms with E-state index >= 15 is 0 Å². The highest BCUT2D eigenvalue weighted by atomic mass is 19.1. The molecule has 6 aromatic heterocycles. The maximum atomic E-state index is 14.3. The lowest BCUT2D eigenvalue weighted by molar-refractivity contribution is -0.131. The fourth-order valence-corrected chi connectivity index (χ4v) is 7.36. The third kappa shape index (κ3) is 6.99. The number of nitrogens with zero attached hydrogens (tertiary/aromatic N) is 11. The minimum Gasteiger partial charge on any atom is -0.383 e. The summed E-state index contributed by atoms with van der Waals surface area (Å²) in [6, 6.07) is 21.3. The van der Waals surface area contributed by atoms with Crippen molar-refractivity contribution in [1.29, 1.82) is 5.26 Å². The standard InChI is InChI=1S/C21H17FN8O3.C21H15FN8O2/c1-21(19(24)31)15-16(23)25-17(26-18(15)27-20(21)32)13-8-14(12-6-7-33-29-12)30(28-13)9-10-4-2-3-5-11(10)22;1-21(10-23)16-17(24)25-18(26-19(16)27-20(21)31)14-8-15(13-6-7-32-29-13)30(28-14)9-11-4-2-3-5-12(11)22/h2-8H,9H2,1H3,(H2,24,31)(H3,23,25,26,27,32);2-8H,9H2,1H3,(H3,24,25,26,27,31). The number of rotatable bonds is 9. The van der Waals surface area contributed by atoms with Crippen LogP contribution in [0.1, 0.15) is 36.1 Å². The van der Waals surface area contributed by atoms with Crippen molar-refractivity contribution in [2.24, 2.45) is 5.73 Å². The molecule has 8 aromatic rings. The van der Waals surface area contributed by atoms with Crippen LogP contribution in [0.4, 0.5) is 32.1 Å². The molecular formula is C42H32F2N16O5. The second-order valence-electron chi connectivity index (χ2n) is 15.0. The topological polar surface area (TPSA) is 316 Å². The number of amides is 3. The first-order valence-electron chi connectivity index (χ1n) is 19.3. The molecule has 0 saturated heterocycles. The number of benzene rings is 2. The lowest BCUT2D eigenvalue weighted by Gasteiger charge is -2.18. The van der Waals surface area contributed by atoms with E-state index in [4.69, 9.17) is 26.2 Å². The Morgan fingerprint density at radius 3 is 1.62 bits per heavy atom. The van der Waals surface area contributed by atoms with Gasteiger partial charge < -0.3 is 36.9 Å². The zero-order chi connectivity index (χ0) is 45.8. The summed E-state index contributed by atoms with van der Waals surface area (Å²) in [6.45, 7) is 3.05. The maximum Gasteiger partial charge on any atom is 0.250 e. The van der Waals surface area contributed by atoms with E-state index in [0.717, 1.165) is 0 Å². The van der Waals surface area contributed by atoms with Crippen molar-refractivity contribution in [3.8, 4) is 51.9 Å². The van der Waals surface area contributed by atoms with Gasteiger partial charge in [0.25, 0.3) is 5.91 Å². The average Bonchev–Trinajstić information content (AvgIpc) is 4.15. The monoisotopic (exact) mass is 878 g/mol. The van der Waals surface area contributed by atoms with Crippen molar-refractivity contribution in [2.45, 2.75) is 37.8 Å². The molecule has 2 aliphatic rings. The Bertz CT molecular complexity index is 3250. The number of anilines is 4. The molecule has 0 radical (unpaired) electrons. The molecule has 0 spiro atoms. The minimum atomic E-state index is -1.69. The van der Waals surface area contributed by atoms with Crippen molar-refractivity contribution in [3.05, 3.63) is 119 Å². The minimum absolute atomic E-state index is 0.000889. The molecule has 21 nitrogen and oxygen atoms in total. The molecule has 8 heterocycles. The summed E-state index contributed by atoms with van der Waals surface area (Å²) >= 11 is 0. The quantitative estimate of drug-likeness (QED) is 0.128. The molecule has 2 unspecified atom stereocenters. The number of fused-ring (bicyclic) bond motifs is 2. The summed E-state index contributed by atoms with van der Waals surface area (Å²) in [7, 11) is 0. The molecule has 0 bridgehead atoms. The SMILES string of the molecule is CC1(C#N)C(=O)Nc2nc(-c3cc(-c4ccon4)n(Cc4ccccc4F)n3)nc(N)c21.CC1(C(N)=O)C(=O)Nc2nc(-c3cc(-c4ccon4)n(Cc4ccccc4F)n3)nc(N)c21. The third-order valence-corrected chi connectivity index (χ3v) is 10.9. The van der Waals surface area contributed by atoms with Gasteiger partial charge in [0.05, 0.1) is 41.7 Å². The first-order chi connectivity index (χ1) is 31.2. The number of nitriles is 1. The zero-order valence-corrected chi connectivity index (χ0v) is 33.9. The van der Waals surface area contributed by atoms with Gasteiger partial charge in [-0.3, -0.25) is 23.7 Å². The summed E-state index contributed by atoms with van der Waals surface area (Å²) in [5.74, 6) is -2.40. The molecule has 8 N–H and O–H groups in total. The predicted octanol–water partition coefficient (Wildman–Crippen LogP) is 3.96. The van der Waals surface area contributed by atoms with Crippen molar-refractivity contribution in [3.63, 3.8) is 0 Å². The van der Waals surface area contributed by atoms with Crippen LogP contribution in [0.15, 0.2) is 94.4 Å². The van der Waals surface area contributed by atoms with Crippen LogP contribution < -0.4 is 27.8 Å². The number of carbonyl (C=O) groups is 3. The lowest BCUT2D eigenvalue weighted by atomic mass is 9.84. The van der Waals surface area contributed by atoms with Gasteiger partial charge in [-0.2, -0.15) is 15.5 Å². The van der Waals surface area contributed by atoms with E-state index in [2.05, 4.69) is 51.1 Å². The highest BCUT2D eigenvalue weighted by Crippen LogP contribution is 2.42. The number of nitrogens with two attached hydrogens (primary N) is 3. The summed E-state index contributed by atoms with van der Waals surface area (Å²) in [5, 5.41) is 31.5. The van der Waals surface area contributed by atoms with E-state index in [1.165, 1.54) is 43.2 Å². The van der Waals surface area contributed by atoms with Crippen LogP contribution in [-0.2, 0) is 38.3 Å². The Balaban J connectivity index is 0.000000164. The normalized spacial score (nSPS) is 17.1. The molecule has 324 valence electrons. The van der Waals surface area contributed by atoms with Crippen LogP contribution >= 0.6 is 0 Å². The van der Waals surface area contributed by atoms with Gasteiger partial charge in [0.2, 0.25) is 11.8 Å². The molecule has 0 fully saturated rings. The molecule has 3 amide bonds. The predicted molar refractivity (Wildman–Crippen MR) is 224 cm³/mol. The van der Waals surface area contributed by atoms with Crippen LogP contribution in [0, 0.1) is 23.0 Å². The number of carbonyl (C=O) groups excluding carboxylic acids is 3. The average molecular weight is 879 g/mol. The van der Waals surface area contributed by atoms with Crippen LogP contribution in [-0.4, -0.2) is 67.5 Å². The molecule has 0 aliphatic carbocycles. The molecular weight excluding hydrogens is 847 g/mol. The molecule has 2 aromatic carbocycles. The Kier molecular flexibility index (Phi) is 9.89.